The van der Waals surface area contributed by atoms with E-state index in [0.717, 1.165) is 4.88 Å². The van der Waals surface area contributed by atoms with Gasteiger partial charge >= 0.3 is 0 Å². The highest BCUT2D eigenvalue weighted by atomic mass is 32.1. The van der Waals surface area contributed by atoms with E-state index in [0.29, 0.717) is 11.7 Å². The molecule has 0 spiro atoms. The van der Waals surface area contributed by atoms with Crippen molar-refractivity contribution in [1.82, 2.24) is 10.1 Å². The minimum absolute atomic E-state index is 0.196. The minimum atomic E-state index is -0.589. The molecule has 0 bridgehead atoms. The van der Waals surface area contributed by atoms with Crippen LogP contribution in [0.4, 0.5) is 0 Å². The van der Waals surface area contributed by atoms with Gasteiger partial charge in [0.2, 0.25) is 0 Å². The van der Waals surface area contributed by atoms with Gasteiger partial charge in [0.15, 0.2) is 5.82 Å². The van der Waals surface area contributed by atoms with Crippen molar-refractivity contribution in [1.29, 1.82) is 0 Å². The van der Waals surface area contributed by atoms with Crippen LogP contribution in [0.3, 0.4) is 0 Å². The highest BCUT2D eigenvalue weighted by Gasteiger charge is 2.16. The van der Waals surface area contributed by atoms with E-state index in [-0.39, 0.29) is 6.61 Å². The van der Waals surface area contributed by atoms with Crippen molar-refractivity contribution >= 4 is 32.1 Å². The van der Waals surface area contributed by atoms with Crippen LogP contribution >= 0.6 is 22.7 Å². The van der Waals surface area contributed by atoms with Crippen molar-refractivity contribution in [2.24, 2.45) is 5.73 Å². The summed E-state index contributed by atoms with van der Waals surface area (Å²) in [5.41, 5.74) is 5.61. The highest BCUT2D eigenvalue weighted by molar-refractivity contribution is 7.28. The molecule has 3 aromatic heterocycles. The van der Waals surface area contributed by atoms with Crippen LogP contribution in [-0.2, 0) is 0 Å². The van der Waals surface area contributed by atoms with Crippen LogP contribution in [0.1, 0.15) is 11.9 Å². The maximum atomic E-state index is 8.91. The molecular formula is C10H9N3O2S2. The molecule has 0 amide bonds. The van der Waals surface area contributed by atoms with Crippen molar-refractivity contribution in [3.63, 3.8) is 0 Å². The lowest BCUT2D eigenvalue weighted by atomic mass is 10.3. The Hall–Kier alpha value is -1.28. The van der Waals surface area contributed by atoms with E-state index in [9.17, 15) is 0 Å². The SMILES string of the molecule is NC(CO)c1noc(-c2cc3sccc3s2)n1. The van der Waals surface area contributed by atoms with Crippen molar-refractivity contribution in [3.8, 4) is 10.8 Å². The molecule has 3 heterocycles. The first-order valence-electron chi connectivity index (χ1n) is 4.95. The second-order valence-corrected chi connectivity index (χ2v) is 5.54. The van der Waals surface area contributed by atoms with E-state index < -0.39 is 6.04 Å². The van der Waals surface area contributed by atoms with Crippen molar-refractivity contribution in [3.05, 3.63) is 23.3 Å². The third-order valence-electron chi connectivity index (χ3n) is 2.32. The Morgan fingerprint density at radius 3 is 3.12 bits per heavy atom. The maximum absolute atomic E-state index is 8.91. The summed E-state index contributed by atoms with van der Waals surface area (Å²) in [7, 11) is 0. The summed E-state index contributed by atoms with van der Waals surface area (Å²) in [5.74, 6) is 0.788. The van der Waals surface area contributed by atoms with Crippen LogP contribution < -0.4 is 5.73 Å². The van der Waals surface area contributed by atoms with Gasteiger partial charge in [-0.3, -0.25) is 0 Å². The average Bonchev–Trinajstić information content (AvgIpc) is 3.00. The first-order chi connectivity index (χ1) is 8.28. The smallest absolute Gasteiger partial charge is 0.268 e. The number of aliphatic hydroxyl groups is 1. The van der Waals surface area contributed by atoms with Crippen LogP contribution in [0.15, 0.2) is 22.0 Å². The zero-order chi connectivity index (χ0) is 11.8. The molecule has 0 aliphatic heterocycles. The molecule has 0 fully saturated rings. The van der Waals surface area contributed by atoms with Gasteiger partial charge in [-0.25, -0.2) is 0 Å². The fourth-order valence-electron chi connectivity index (χ4n) is 1.44. The van der Waals surface area contributed by atoms with Gasteiger partial charge in [0.25, 0.3) is 5.89 Å². The quantitative estimate of drug-likeness (QED) is 0.758. The van der Waals surface area contributed by atoms with Crippen molar-refractivity contribution < 1.29 is 9.63 Å². The first-order valence-corrected chi connectivity index (χ1v) is 6.65. The first kappa shape index (κ1) is 10.8. The lowest BCUT2D eigenvalue weighted by Crippen LogP contribution is -2.15. The lowest BCUT2D eigenvalue weighted by molar-refractivity contribution is 0.260. The molecule has 0 saturated carbocycles. The van der Waals surface area contributed by atoms with Gasteiger partial charge in [-0.15, -0.1) is 22.7 Å². The van der Waals surface area contributed by atoms with Crippen LogP contribution in [0.5, 0.6) is 0 Å². The standard InChI is InChI=1S/C10H9N3O2S2/c11-5(4-14)9-12-10(15-13-9)8-3-7-6(17-8)1-2-16-7/h1-3,5,14H,4,11H2. The molecule has 3 rings (SSSR count). The fourth-order valence-corrected chi connectivity index (χ4v) is 3.47. The molecule has 7 heteroatoms. The lowest BCUT2D eigenvalue weighted by Gasteiger charge is -1.98. The zero-order valence-electron chi connectivity index (χ0n) is 8.66. The summed E-state index contributed by atoms with van der Waals surface area (Å²) in [6.07, 6.45) is 0. The number of thiophene rings is 2. The molecule has 3 aromatic rings. The summed E-state index contributed by atoms with van der Waals surface area (Å²) >= 11 is 3.28. The Morgan fingerprint density at radius 2 is 2.35 bits per heavy atom. The molecule has 17 heavy (non-hydrogen) atoms. The number of fused-ring (bicyclic) bond motifs is 1. The minimum Gasteiger partial charge on any atom is -0.394 e. The predicted molar refractivity (Wildman–Crippen MR) is 67.0 cm³/mol. The maximum Gasteiger partial charge on any atom is 0.268 e. The van der Waals surface area contributed by atoms with E-state index in [1.807, 2.05) is 11.4 Å². The van der Waals surface area contributed by atoms with Crippen LogP contribution in [0.25, 0.3) is 20.2 Å². The number of hydrogen-bond donors (Lipinski definition) is 2. The van der Waals surface area contributed by atoms with E-state index in [2.05, 4.69) is 16.2 Å². The molecule has 0 aliphatic carbocycles. The van der Waals surface area contributed by atoms with Crippen LogP contribution in [-0.4, -0.2) is 21.9 Å². The monoisotopic (exact) mass is 267 g/mol. The Morgan fingerprint density at radius 1 is 1.47 bits per heavy atom. The summed E-state index contributed by atoms with van der Waals surface area (Å²) < 4.78 is 7.55. The van der Waals surface area contributed by atoms with Gasteiger partial charge in [-0.1, -0.05) is 5.16 Å². The van der Waals surface area contributed by atoms with Gasteiger partial charge < -0.3 is 15.4 Å². The number of aliphatic hydroxyl groups excluding tert-OH is 1. The molecule has 5 nitrogen and oxygen atoms in total. The molecule has 3 N–H and O–H groups in total. The highest BCUT2D eigenvalue weighted by Crippen LogP contribution is 2.35. The number of nitrogens with zero attached hydrogens (tertiary/aromatic N) is 2. The third-order valence-corrected chi connectivity index (χ3v) is 4.40. The number of aromatic nitrogens is 2. The van der Waals surface area contributed by atoms with Gasteiger partial charge in [-0.2, -0.15) is 4.98 Å². The summed E-state index contributed by atoms with van der Waals surface area (Å²) in [6, 6.07) is 3.49. The van der Waals surface area contributed by atoms with E-state index in [4.69, 9.17) is 15.4 Å². The van der Waals surface area contributed by atoms with Gasteiger partial charge in [0, 0.05) is 9.40 Å². The number of rotatable bonds is 3. The molecule has 88 valence electrons. The Bertz CT molecular complexity index is 614. The predicted octanol–water partition coefficient (Wildman–Crippen LogP) is 2.00. The zero-order valence-corrected chi connectivity index (χ0v) is 10.3. The average molecular weight is 267 g/mol. The van der Waals surface area contributed by atoms with Crippen molar-refractivity contribution in [2.75, 3.05) is 6.61 Å². The van der Waals surface area contributed by atoms with Crippen LogP contribution in [0, 0.1) is 0 Å². The summed E-state index contributed by atoms with van der Waals surface area (Å²) in [4.78, 5) is 5.10. The molecule has 1 atom stereocenters. The van der Waals surface area contributed by atoms with E-state index in [1.165, 1.54) is 9.40 Å². The Balaban J connectivity index is 1.98. The molecule has 0 aliphatic rings. The van der Waals surface area contributed by atoms with Gasteiger partial charge in [0.05, 0.1) is 17.5 Å². The largest absolute Gasteiger partial charge is 0.394 e. The number of hydrogen-bond acceptors (Lipinski definition) is 7. The molecule has 0 radical (unpaired) electrons. The van der Waals surface area contributed by atoms with Crippen molar-refractivity contribution in [2.45, 2.75) is 6.04 Å². The topological polar surface area (TPSA) is 85.2 Å². The normalized spacial score (nSPS) is 13.3. The second-order valence-electron chi connectivity index (χ2n) is 3.51. The summed E-state index contributed by atoms with van der Waals surface area (Å²) in [6.45, 7) is -0.196. The molecule has 1 unspecified atom stereocenters. The molecule has 0 aromatic carbocycles. The number of nitrogens with two attached hydrogens (primary N) is 1. The van der Waals surface area contributed by atoms with Gasteiger partial charge in [-0.05, 0) is 17.5 Å². The van der Waals surface area contributed by atoms with E-state index >= 15 is 0 Å². The van der Waals surface area contributed by atoms with E-state index in [1.54, 1.807) is 22.7 Å². The van der Waals surface area contributed by atoms with Crippen LogP contribution in [0.2, 0.25) is 0 Å². The molecular weight excluding hydrogens is 258 g/mol. The Labute approximate surface area is 104 Å². The third kappa shape index (κ3) is 1.87. The molecule has 0 saturated heterocycles. The van der Waals surface area contributed by atoms with Gasteiger partial charge in [0.1, 0.15) is 0 Å². The Kier molecular flexibility index (Phi) is 2.67. The second kappa shape index (κ2) is 4.19. The fraction of sp³-hybridized carbons (Fsp3) is 0.200. The summed E-state index contributed by atoms with van der Waals surface area (Å²) in [5, 5.41) is 14.7.